The first-order chi connectivity index (χ1) is 8.75. The SMILES string of the molecule is CCS(=O)(=O)CC(=O)NNC(=O)c1cc(C)oc1C. The molecule has 0 radical (unpaired) electrons. The molecule has 0 spiro atoms. The van der Waals surface area contributed by atoms with Gasteiger partial charge in [-0.25, -0.2) is 8.42 Å². The van der Waals surface area contributed by atoms with Crippen molar-refractivity contribution in [3.8, 4) is 0 Å². The minimum atomic E-state index is -3.42. The normalized spacial score (nSPS) is 11.1. The van der Waals surface area contributed by atoms with Crippen LogP contribution in [-0.4, -0.2) is 31.7 Å². The predicted molar refractivity (Wildman–Crippen MR) is 68.1 cm³/mol. The zero-order chi connectivity index (χ0) is 14.6. The second kappa shape index (κ2) is 5.87. The van der Waals surface area contributed by atoms with Gasteiger partial charge in [-0.05, 0) is 19.9 Å². The third kappa shape index (κ3) is 4.40. The van der Waals surface area contributed by atoms with Crippen molar-refractivity contribution < 1.29 is 22.4 Å². The molecule has 0 aliphatic rings. The van der Waals surface area contributed by atoms with Crippen LogP contribution in [-0.2, 0) is 14.6 Å². The number of nitrogens with one attached hydrogen (secondary N) is 2. The van der Waals surface area contributed by atoms with Gasteiger partial charge in [-0.2, -0.15) is 0 Å². The van der Waals surface area contributed by atoms with E-state index < -0.39 is 27.4 Å². The van der Waals surface area contributed by atoms with Crippen molar-refractivity contribution in [2.45, 2.75) is 20.8 Å². The van der Waals surface area contributed by atoms with E-state index in [1.807, 2.05) is 5.43 Å². The van der Waals surface area contributed by atoms with E-state index in [2.05, 4.69) is 5.43 Å². The molecule has 8 heteroatoms. The minimum Gasteiger partial charge on any atom is -0.466 e. The summed E-state index contributed by atoms with van der Waals surface area (Å²) in [6.45, 7) is 4.75. The highest BCUT2D eigenvalue weighted by Gasteiger charge is 2.17. The van der Waals surface area contributed by atoms with E-state index in [0.29, 0.717) is 11.5 Å². The molecule has 0 aliphatic carbocycles. The maximum absolute atomic E-state index is 11.7. The molecule has 0 saturated heterocycles. The number of furan rings is 1. The molecule has 1 aromatic rings. The number of aryl methyl sites for hydroxylation is 2. The van der Waals surface area contributed by atoms with Crippen LogP contribution >= 0.6 is 0 Å². The molecule has 106 valence electrons. The van der Waals surface area contributed by atoms with Crippen LogP contribution in [0.25, 0.3) is 0 Å². The first-order valence-corrected chi connectivity index (χ1v) is 7.44. The van der Waals surface area contributed by atoms with Crippen LogP contribution in [0, 0.1) is 13.8 Å². The Bertz CT molecular complexity index is 588. The Morgan fingerprint density at radius 1 is 1.26 bits per heavy atom. The van der Waals surface area contributed by atoms with Gasteiger partial charge in [0.05, 0.1) is 5.56 Å². The van der Waals surface area contributed by atoms with Crippen molar-refractivity contribution >= 4 is 21.7 Å². The Kier molecular flexibility index (Phi) is 4.71. The van der Waals surface area contributed by atoms with Crippen molar-refractivity contribution in [2.75, 3.05) is 11.5 Å². The molecule has 1 aromatic heterocycles. The lowest BCUT2D eigenvalue weighted by Crippen LogP contribution is -2.44. The highest BCUT2D eigenvalue weighted by Crippen LogP contribution is 2.12. The molecule has 1 heterocycles. The number of hydrazine groups is 1. The predicted octanol–water partition coefficient (Wildman–Crippen LogP) is 0.0921. The highest BCUT2D eigenvalue weighted by molar-refractivity contribution is 7.92. The van der Waals surface area contributed by atoms with Gasteiger partial charge in [-0.1, -0.05) is 6.92 Å². The summed E-state index contributed by atoms with van der Waals surface area (Å²) in [5, 5.41) is 0. The maximum Gasteiger partial charge on any atom is 0.273 e. The maximum atomic E-state index is 11.7. The molecular formula is C11H16N2O5S. The summed E-state index contributed by atoms with van der Waals surface area (Å²) in [5.74, 6) is -1.14. The van der Waals surface area contributed by atoms with E-state index >= 15 is 0 Å². The topological polar surface area (TPSA) is 105 Å². The number of hydrogen-bond donors (Lipinski definition) is 2. The van der Waals surface area contributed by atoms with Gasteiger partial charge in [0.15, 0.2) is 9.84 Å². The van der Waals surface area contributed by atoms with Gasteiger partial charge >= 0.3 is 0 Å². The Hall–Kier alpha value is -1.83. The zero-order valence-electron chi connectivity index (χ0n) is 10.9. The lowest BCUT2D eigenvalue weighted by atomic mass is 10.2. The summed E-state index contributed by atoms with van der Waals surface area (Å²) in [6.07, 6.45) is 0. The first kappa shape index (κ1) is 15.2. The van der Waals surface area contributed by atoms with Crippen LogP contribution < -0.4 is 10.9 Å². The summed E-state index contributed by atoms with van der Waals surface area (Å²) in [6, 6.07) is 1.53. The van der Waals surface area contributed by atoms with Crippen molar-refractivity contribution in [3.63, 3.8) is 0 Å². The molecule has 19 heavy (non-hydrogen) atoms. The fourth-order valence-electron chi connectivity index (χ4n) is 1.39. The van der Waals surface area contributed by atoms with E-state index in [-0.39, 0.29) is 11.3 Å². The lowest BCUT2D eigenvalue weighted by Gasteiger charge is -2.06. The number of sulfone groups is 1. The van der Waals surface area contributed by atoms with Crippen molar-refractivity contribution in [2.24, 2.45) is 0 Å². The van der Waals surface area contributed by atoms with Gasteiger partial charge < -0.3 is 4.42 Å². The minimum absolute atomic E-state index is 0.131. The monoisotopic (exact) mass is 288 g/mol. The number of carbonyl (C=O) groups is 2. The molecule has 0 unspecified atom stereocenters. The molecule has 2 N–H and O–H groups in total. The number of rotatable bonds is 4. The molecule has 0 aliphatic heterocycles. The molecule has 0 saturated carbocycles. The Morgan fingerprint density at radius 3 is 2.37 bits per heavy atom. The highest BCUT2D eigenvalue weighted by atomic mass is 32.2. The fraction of sp³-hybridized carbons (Fsp3) is 0.455. The standard InChI is InChI=1S/C11H16N2O5S/c1-4-19(16,17)6-10(14)12-13-11(15)9-5-7(2)18-8(9)3/h5H,4,6H2,1-3H3,(H,12,14)(H,13,15). The molecule has 0 atom stereocenters. The fourth-order valence-corrected chi connectivity index (χ4v) is 2.06. The number of hydrogen-bond acceptors (Lipinski definition) is 5. The van der Waals surface area contributed by atoms with E-state index in [0.717, 1.165) is 0 Å². The Balaban J connectivity index is 2.56. The molecule has 2 amide bonds. The van der Waals surface area contributed by atoms with Crippen molar-refractivity contribution in [3.05, 3.63) is 23.2 Å². The summed E-state index contributed by atoms with van der Waals surface area (Å²) in [7, 11) is -3.42. The van der Waals surface area contributed by atoms with E-state index in [1.54, 1.807) is 13.8 Å². The summed E-state index contributed by atoms with van der Waals surface area (Å²) in [4.78, 5) is 23.0. The molecular weight excluding hydrogens is 272 g/mol. The molecule has 0 bridgehead atoms. The number of amides is 2. The van der Waals surface area contributed by atoms with Crippen LogP contribution in [0.3, 0.4) is 0 Å². The largest absolute Gasteiger partial charge is 0.466 e. The van der Waals surface area contributed by atoms with Gasteiger partial charge in [0.25, 0.3) is 11.8 Å². The third-order valence-electron chi connectivity index (χ3n) is 2.39. The van der Waals surface area contributed by atoms with Gasteiger partial charge in [-0.3, -0.25) is 20.4 Å². The Morgan fingerprint density at radius 2 is 1.89 bits per heavy atom. The van der Waals surface area contributed by atoms with Gasteiger partial charge in [0, 0.05) is 5.75 Å². The van der Waals surface area contributed by atoms with Crippen LogP contribution in [0.1, 0.15) is 28.8 Å². The Labute approximate surface area is 111 Å². The van der Waals surface area contributed by atoms with E-state index in [1.165, 1.54) is 13.0 Å². The summed E-state index contributed by atoms with van der Waals surface area (Å²) < 4.78 is 27.6. The number of carbonyl (C=O) groups excluding carboxylic acids is 2. The smallest absolute Gasteiger partial charge is 0.273 e. The molecule has 0 aromatic carbocycles. The molecule has 0 fully saturated rings. The quantitative estimate of drug-likeness (QED) is 0.764. The zero-order valence-corrected chi connectivity index (χ0v) is 11.8. The molecule has 7 nitrogen and oxygen atoms in total. The molecule has 1 rings (SSSR count). The van der Waals surface area contributed by atoms with Gasteiger partial charge in [0.1, 0.15) is 17.3 Å². The second-order valence-corrected chi connectivity index (χ2v) is 6.36. The van der Waals surface area contributed by atoms with Crippen LogP contribution in [0.4, 0.5) is 0 Å². The van der Waals surface area contributed by atoms with Crippen LogP contribution in [0.5, 0.6) is 0 Å². The van der Waals surface area contributed by atoms with Crippen LogP contribution in [0.15, 0.2) is 10.5 Å². The summed E-state index contributed by atoms with van der Waals surface area (Å²) in [5.41, 5.74) is 4.47. The van der Waals surface area contributed by atoms with E-state index in [9.17, 15) is 18.0 Å². The van der Waals surface area contributed by atoms with Gasteiger partial charge in [0.2, 0.25) is 0 Å². The lowest BCUT2D eigenvalue weighted by molar-refractivity contribution is -0.119. The average Bonchev–Trinajstić information content (AvgIpc) is 2.65. The second-order valence-electron chi connectivity index (χ2n) is 4.01. The average molecular weight is 288 g/mol. The third-order valence-corrected chi connectivity index (χ3v) is 3.97. The van der Waals surface area contributed by atoms with Crippen LogP contribution in [0.2, 0.25) is 0 Å². The van der Waals surface area contributed by atoms with Crippen molar-refractivity contribution in [1.29, 1.82) is 0 Å². The van der Waals surface area contributed by atoms with Crippen molar-refractivity contribution in [1.82, 2.24) is 10.9 Å². The van der Waals surface area contributed by atoms with E-state index in [4.69, 9.17) is 4.42 Å². The van der Waals surface area contributed by atoms with Gasteiger partial charge in [-0.15, -0.1) is 0 Å². The first-order valence-electron chi connectivity index (χ1n) is 5.62. The summed E-state index contributed by atoms with van der Waals surface area (Å²) >= 11 is 0.